The van der Waals surface area contributed by atoms with Crippen LogP contribution in [0, 0.1) is 6.92 Å². The molecule has 1 aromatic carbocycles. The molecule has 0 fully saturated rings. The van der Waals surface area contributed by atoms with Gasteiger partial charge in [-0.3, -0.25) is 4.79 Å². The van der Waals surface area contributed by atoms with Gasteiger partial charge in [0.2, 0.25) is 5.91 Å². The summed E-state index contributed by atoms with van der Waals surface area (Å²) in [6.07, 6.45) is 1.74. The van der Waals surface area contributed by atoms with Gasteiger partial charge in [0.1, 0.15) is 0 Å². The monoisotopic (exact) mass is 286 g/mol. The molecule has 0 aliphatic rings. The predicted octanol–water partition coefficient (Wildman–Crippen LogP) is 3.14. The normalized spacial score (nSPS) is 10.3. The summed E-state index contributed by atoms with van der Waals surface area (Å²) >= 11 is 1.47. The Kier molecular flexibility index (Phi) is 5.18. The zero-order valence-electron chi connectivity index (χ0n) is 11.7. The fourth-order valence-corrected chi connectivity index (χ4v) is 2.61. The van der Waals surface area contributed by atoms with Crippen molar-refractivity contribution in [3.63, 3.8) is 0 Å². The first kappa shape index (κ1) is 14.6. The topological polar surface area (TPSA) is 33.2 Å². The quantitative estimate of drug-likeness (QED) is 0.792. The van der Waals surface area contributed by atoms with Crippen molar-refractivity contribution in [2.24, 2.45) is 0 Å². The molecule has 0 atom stereocenters. The Morgan fingerprint density at radius 3 is 2.65 bits per heavy atom. The maximum Gasteiger partial charge on any atom is 0.233 e. The highest BCUT2D eigenvalue weighted by Crippen LogP contribution is 2.15. The van der Waals surface area contributed by atoms with Gasteiger partial charge >= 0.3 is 0 Å². The van der Waals surface area contributed by atoms with E-state index >= 15 is 0 Å². The van der Waals surface area contributed by atoms with Crippen LogP contribution in [0.25, 0.3) is 0 Å². The van der Waals surface area contributed by atoms with E-state index in [1.54, 1.807) is 11.1 Å². The van der Waals surface area contributed by atoms with Crippen LogP contribution in [0.2, 0.25) is 0 Å². The highest BCUT2D eigenvalue weighted by molar-refractivity contribution is 7.99. The van der Waals surface area contributed by atoms with Crippen molar-refractivity contribution in [1.29, 1.82) is 0 Å². The SMILES string of the molecule is Cc1ccccc1CN(C)C(=O)CSc1ccccn1. The Morgan fingerprint density at radius 2 is 1.95 bits per heavy atom. The summed E-state index contributed by atoms with van der Waals surface area (Å²) in [7, 11) is 1.84. The van der Waals surface area contributed by atoms with Crippen LogP contribution in [0.1, 0.15) is 11.1 Å². The number of hydrogen-bond donors (Lipinski definition) is 0. The highest BCUT2D eigenvalue weighted by Gasteiger charge is 2.11. The van der Waals surface area contributed by atoms with E-state index in [0.29, 0.717) is 12.3 Å². The van der Waals surface area contributed by atoms with Gasteiger partial charge in [0, 0.05) is 19.8 Å². The number of carbonyl (C=O) groups excluding carboxylic acids is 1. The van der Waals surface area contributed by atoms with E-state index in [-0.39, 0.29) is 5.91 Å². The first-order chi connectivity index (χ1) is 9.66. The van der Waals surface area contributed by atoms with Crippen molar-refractivity contribution in [3.05, 3.63) is 59.8 Å². The minimum Gasteiger partial charge on any atom is -0.341 e. The molecule has 3 nitrogen and oxygen atoms in total. The fourth-order valence-electron chi connectivity index (χ4n) is 1.81. The third-order valence-electron chi connectivity index (χ3n) is 3.08. The molecule has 104 valence electrons. The lowest BCUT2D eigenvalue weighted by atomic mass is 10.1. The molecule has 2 aromatic rings. The Hall–Kier alpha value is -1.81. The molecule has 4 heteroatoms. The van der Waals surface area contributed by atoms with Crippen molar-refractivity contribution in [2.45, 2.75) is 18.5 Å². The largest absolute Gasteiger partial charge is 0.341 e. The summed E-state index contributed by atoms with van der Waals surface area (Å²) in [5.41, 5.74) is 2.40. The van der Waals surface area contributed by atoms with Gasteiger partial charge in [-0.05, 0) is 30.2 Å². The summed E-state index contributed by atoms with van der Waals surface area (Å²) in [4.78, 5) is 18.1. The molecule has 1 amide bonds. The van der Waals surface area contributed by atoms with E-state index in [0.717, 1.165) is 5.03 Å². The minimum absolute atomic E-state index is 0.115. The molecule has 0 unspecified atom stereocenters. The predicted molar refractivity (Wildman–Crippen MR) is 82.6 cm³/mol. The molecule has 0 radical (unpaired) electrons. The Balaban J connectivity index is 1.88. The number of thioether (sulfide) groups is 1. The average Bonchev–Trinajstić information content (AvgIpc) is 2.48. The second-order valence-corrected chi connectivity index (χ2v) is 5.63. The summed E-state index contributed by atoms with van der Waals surface area (Å²) in [6.45, 7) is 2.71. The number of rotatable bonds is 5. The molecule has 20 heavy (non-hydrogen) atoms. The van der Waals surface area contributed by atoms with Crippen LogP contribution in [-0.2, 0) is 11.3 Å². The van der Waals surface area contributed by atoms with Gasteiger partial charge in [-0.1, -0.05) is 42.1 Å². The summed E-state index contributed by atoms with van der Waals surface area (Å²) < 4.78 is 0. The molecule has 0 saturated carbocycles. The van der Waals surface area contributed by atoms with Crippen molar-refractivity contribution in [2.75, 3.05) is 12.8 Å². The van der Waals surface area contributed by atoms with Crippen molar-refractivity contribution in [1.82, 2.24) is 9.88 Å². The van der Waals surface area contributed by atoms with Crippen LogP contribution in [0.4, 0.5) is 0 Å². The van der Waals surface area contributed by atoms with Crippen LogP contribution in [0.5, 0.6) is 0 Å². The minimum atomic E-state index is 0.115. The summed E-state index contributed by atoms with van der Waals surface area (Å²) in [5.74, 6) is 0.531. The molecule has 0 aliphatic heterocycles. The van der Waals surface area contributed by atoms with E-state index in [1.165, 1.54) is 22.9 Å². The molecular formula is C16H18N2OS. The maximum absolute atomic E-state index is 12.1. The van der Waals surface area contributed by atoms with E-state index in [2.05, 4.69) is 24.0 Å². The lowest BCUT2D eigenvalue weighted by Crippen LogP contribution is -2.28. The second-order valence-electron chi connectivity index (χ2n) is 4.63. The average molecular weight is 286 g/mol. The molecule has 1 aromatic heterocycles. The molecule has 0 bridgehead atoms. The Morgan fingerprint density at radius 1 is 1.20 bits per heavy atom. The van der Waals surface area contributed by atoms with E-state index in [9.17, 15) is 4.79 Å². The number of carbonyl (C=O) groups is 1. The van der Waals surface area contributed by atoms with Crippen LogP contribution in [0.15, 0.2) is 53.7 Å². The fraction of sp³-hybridized carbons (Fsp3) is 0.250. The van der Waals surface area contributed by atoms with Crippen molar-refractivity contribution in [3.8, 4) is 0 Å². The van der Waals surface area contributed by atoms with E-state index in [4.69, 9.17) is 0 Å². The van der Waals surface area contributed by atoms with Gasteiger partial charge < -0.3 is 4.90 Å². The molecule has 2 rings (SSSR count). The molecule has 0 N–H and O–H groups in total. The highest BCUT2D eigenvalue weighted by atomic mass is 32.2. The number of benzene rings is 1. The maximum atomic E-state index is 12.1. The van der Waals surface area contributed by atoms with Crippen LogP contribution in [0.3, 0.4) is 0 Å². The first-order valence-electron chi connectivity index (χ1n) is 6.49. The number of pyridine rings is 1. The van der Waals surface area contributed by atoms with Gasteiger partial charge in [-0.25, -0.2) is 4.98 Å². The Bertz CT molecular complexity index is 572. The van der Waals surface area contributed by atoms with Crippen molar-refractivity contribution >= 4 is 17.7 Å². The van der Waals surface area contributed by atoms with Crippen LogP contribution >= 0.6 is 11.8 Å². The number of amides is 1. The molecule has 0 saturated heterocycles. The smallest absolute Gasteiger partial charge is 0.233 e. The second kappa shape index (κ2) is 7.10. The molecule has 0 spiro atoms. The third-order valence-corrected chi connectivity index (χ3v) is 4.00. The number of aryl methyl sites for hydroxylation is 1. The standard InChI is InChI=1S/C16H18N2OS/c1-13-7-3-4-8-14(13)11-18(2)16(19)12-20-15-9-5-6-10-17-15/h3-10H,11-12H2,1-2H3. The number of nitrogens with zero attached hydrogens (tertiary/aromatic N) is 2. The summed E-state index contributed by atoms with van der Waals surface area (Å²) in [5, 5.41) is 0.880. The van der Waals surface area contributed by atoms with Gasteiger partial charge in [0.05, 0.1) is 10.8 Å². The van der Waals surface area contributed by atoms with Crippen molar-refractivity contribution < 1.29 is 4.79 Å². The number of hydrogen-bond acceptors (Lipinski definition) is 3. The molecular weight excluding hydrogens is 268 g/mol. The van der Waals surface area contributed by atoms with Gasteiger partial charge in [0.15, 0.2) is 0 Å². The lowest BCUT2D eigenvalue weighted by Gasteiger charge is -2.18. The number of aromatic nitrogens is 1. The lowest BCUT2D eigenvalue weighted by molar-refractivity contribution is -0.127. The van der Waals surface area contributed by atoms with Gasteiger partial charge in [-0.2, -0.15) is 0 Å². The van der Waals surface area contributed by atoms with E-state index < -0.39 is 0 Å². The third kappa shape index (κ3) is 4.10. The van der Waals surface area contributed by atoms with Crippen LogP contribution in [-0.4, -0.2) is 28.6 Å². The molecule has 1 heterocycles. The van der Waals surface area contributed by atoms with Crippen LogP contribution < -0.4 is 0 Å². The summed E-state index contributed by atoms with van der Waals surface area (Å²) in [6, 6.07) is 13.9. The zero-order valence-corrected chi connectivity index (χ0v) is 12.6. The first-order valence-corrected chi connectivity index (χ1v) is 7.47. The van der Waals surface area contributed by atoms with E-state index in [1.807, 2.05) is 37.4 Å². The zero-order chi connectivity index (χ0) is 14.4. The molecule has 0 aliphatic carbocycles. The van der Waals surface area contributed by atoms with Gasteiger partial charge in [0.25, 0.3) is 0 Å². The van der Waals surface area contributed by atoms with Gasteiger partial charge in [-0.15, -0.1) is 0 Å². The Labute approximate surface area is 124 Å².